The summed E-state index contributed by atoms with van der Waals surface area (Å²) in [7, 11) is 0. The summed E-state index contributed by atoms with van der Waals surface area (Å²) in [5.41, 5.74) is 1.53. The maximum absolute atomic E-state index is 13.3. The maximum Gasteiger partial charge on any atom is 0.319 e. The molecule has 1 N–H and O–H groups in total. The summed E-state index contributed by atoms with van der Waals surface area (Å²) in [6, 6.07) is 20.4. The van der Waals surface area contributed by atoms with Crippen LogP contribution in [-0.2, 0) is 10.3 Å². The van der Waals surface area contributed by atoms with Crippen LogP contribution in [0.15, 0.2) is 60.7 Å². The predicted molar refractivity (Wildman–Crippen MR) is 118 cm³/mol. The molecule has 2 aliphatic heterocycles. The summed E-state index contributed by atoms with van der Waals surface area (Å²) in [4.78, 5) is 29.8. The average Bonchev–Trinajstić information content (AvgIpc) is 3.35. The Balaban J connectivity index is 1.44. The second-order valence-electron chi connectivity index (χ2n) is 8.58. The number of carbonyl (C=O) groups excluding carboxylic acids is 2. The van der Waals surface area contributed by atoms with Crippen LogP contribution in [0.4, 0.5) is 4.79 Å². The molecule has 2 aliphatic rings. The van der Waals surface area contributed by atoms with E-state index in [9.17, 15) is 9.59 Å². The molecule has 2 aromatic rings. The third kappa shape index (κ3) is 4.20. The summed E-state index contributed by atoms with van der Waals surface area (Å²) in [5.74, 6) is -0.00199. The van der Waals surface area contributed by atoms with Crippen molar-refractivity contribution in [1.29, 1.82) is 0 Å². The van der Waals surface area contributed by atoms with E-state index in [4.69, 9.17) is 0 Å². The molecule has 30 heavy (non-hydrogen) atoms. The van der Waals surface area contributed by atoms with E-state index < -0.39 is 5.54 Å². The molecule has 2 fully saturated rings. The molecule has 0 bridgehead atoms. The molecule has 0 unspecified atom stereocenters. The van der Waals surface area contributed by atoms with Crippen molar-refractivity contribution in [3.8, 4) is 0 Å². The molecule has 0 saturated carbocycles. The summed E-state index contributed by atoms with van der Waals surface area (Å²) in [5, 5.41) is 3.34. The number of hydrogen-bond donors (Lipinski definition) is 1. The van der Waals surface area contributed by atoms with E-state index in [0.717, 1.165) is 37.1 Å². The van der Waals surface area contributed by atoms with E-state index in [1.54, 1.807) is 0 Å². The Bertz CT molecular complexity index is 815. The number of hydrogen-bond acceptors (Lipinski definition) is 2. The largest absolute Gasteiger partial charge is 0.343 e. The molecule has 2 aromatic carbocycles. The highest BCUT2D eigenvalue weighted by molar-refractivity contribution is 5.81. The maximum atomic E-state index is 13.3. The van der Waals surface area contributed by atoms with Crippen LogP contribution in [-0.4, -0.2) is 47.9 Å². The Morgan fingerprint density at radius 3 is 1.77 bits per heavy atom. The molecule has 4 rings (SSSR count). The Labute approximate surface area is 179 Å². The first kappa shape index (κ1) is 20.5. The van der Waals surface area contributed by atoms with Gasteiger partial charge in [0, 0.05) is 32.1 Å². The van der Waals surface area contributed by atoms with Crippen molar-refractivity contribution in [2.24, 2.45) is 5.92 Å². The Morgan fingerprint density at radius 1 is 0.800 bits per heavy atom. The average molecular weight is 406 g/mol. The van der Waals surface area contributed by atoms with E-state index in [2.05, 4.69) is 36.5 Å². The number of carbonyl (C=O) groups is 2. The van der Waals surface area contributed by atoms with Gasteiger partial charge in [0.2, 0.25) is 5.91 Å². The highest BCUT2D eigenvalue weighted by atomic mass is 16.2. The second kappa shape index (κ2) is 8.90. The lowest BCUT2D eigenvalue weighted by molar-refractivity contribution is -0.127. The van der Waals surface area contributed by atoms with Crippen molar-refractivity contribution in [2.75, 3.05) is 26.2 Å². The van der Waals surface area contributed by atoms with Gasteiger partial charge in [-0.05, 0) is 43.7 Å². The third-order valence-corrected chi connectivity index (χ3v) is 6.59. The second-order valence-corrected chi connectivity index (χ2v) is 8.58. The fraction of sp³-hybridized carbons (Fsp3) is 0.440. The lowest BCUT2D eigenvalue weighted by atomic mass is 9.83. The van der Waals surface area contributed by atoms with E-state index in [0.29, 0.717) is 25.9 Å². The molecule has 5 nitrogen and oxygen atoms in total. The molecule has 0 aromatic heterocycles. The summed E-state index contributed by atoms with van der Waals surface area (Å²) >= 11 is 0. The summed E-state index contributed by atoms with van der Waals surface area (Å²) < 4.78 is 0. The molecule has 5 heteroatoms. The third-order valence-electron chi connectivity index (χ3n) is 6.59. The Morgan fingerprint density at radius 2 is 1.27 bits per heavy atom. The Kier molecular flexibility index (Phi) is 6.07. The lowest BCUT2D eigenvalue weighted by Crippen LogP contribution is -2.51. The van der Waals surface area contributed by atoms with Gasteiger partial charge in [-0.15, -0.1) is 0 Å². The van der Waals surface area contributed by atoms with E-state index >= 15 is 0 Å². The SMILES string of the molecule is CC(NC(=O)C1CCN(C(=O)N2CCCC2)CC1)(c1ccccc1)c1ccccc1. The number of benzene rings is 2. The minimum atomic E-state index is -0.595. The topological polar surface area (TPSA) is 52.7 Å². The first-order valence-corrected chi connectivity index (χ1v) is 11.0. The standard InChI is InChI=1S/C25H31N3O2/c1-25(21-10-4-2-5-11-21,22-12-6-3-7-13-22)26-23(29)20-14-18-28(19-15-20)24(30)27-16-8-9-17-27/h2-7,10-13,20H,8-9,14-19H2,1H3,(H,26,29). The smallest absolute Gasteiger partial charge is 0.319 e. The number of nitrogens with zero attached hydrogens (tertiary/aromatic N) is 2. The zero-order chi connectivity index (χ0) is 21.0. The molecule has 3 amide bonds. The van der Waals surface area contributed by atoms with Crippen molar-refractivity contribution >= 4 is 11.9 Å². The first-order valence-electron chi connectivity index (χ1n) is 11.0. The van der Waals surface area contributed by atoms with Gasteiger partial charge in [0.1, 0.15) is 0 Å². The van der Waals surface area contributed by atoms with Gasteiger partial charge in [-0.25, -0.2) is 4.79 Å². The monoisotopic (exact) mass is 405 g/mol. The molecule has 2 saturated heterocycles. The normalized spacial score (nSPS) is 17.8. The molecule has 158 valence electrons. The van der Waals surface area contributed by atoms with Crippen LogP contribution in [0.25, 0.3) is 0 Å². The van der Waals surface area contributed by atoms with Crippen molar-refractivity contribution in [2.45, 2.75) is 38.1 Å². The fourth-order valence-electron chi connectivity index (χ4n) is 4.64. The van der Waals surface area contributed by atoms with Crippen LogP contribution in [0.1, 0.15) is 43.7 Å². The van der Waals surface area contributed by atoms with Crippen LogP contribution >= 0.6 is 0 Å². The highest BCUT2D eigenvalue weighted by Gasteiger charge is 2.35. The first-order chi connectivity index (χ1) is 14.6. The van der Waals surface area contributed by atoms with Crippen molar-refractivity contribution in [3.63, 3.8) is 0 Å². The van der Waals surface area contributed by atoms with Gasteiger partial charge in [-0.3, -0.25) is 4.79 Å². The van der Waals surface area contributed by atoms with Crippen molar-refractivity contribution in [1.82, 2.24) is 15.1 Å². The number of amides is 3. The molecule has 0 radical (unpaired) electrons. The molecule has 0 spiro atoms. The lowest BCUT2D eigenvalue weighted by Gasteiger charge is -2.37. The molecular formula is C25H31N3O2. The molecule has 0 atom stereocenters. The van der Waals surface area contributed by atoms with Gasteiger partial charge >= 0.3 is 6.03 Å². The number of nitrogens with one attached hydrogen (secondary N) is 1. The van der Waals surface area contributed by atoms with Gasteiger partial charge in [-0.1, -0.05) is 60.7 Å². The van der Waals surface area contributed by atoms with Crippen LogP contribution in [0, 0.1) is 5.92 Å². The molecule has 0 aliphatic carbocycles. The van der Waals surface area contributed by atoms with Gasteiger partial charge in [-0.2, -0.15) is 0 Å². The van der Waals surface area contributed by atoms with Gasteiger partial charge in [0.05, 0.1) is 5.54 Å². The quantitative estimate of drug-likeness (QED) is 0.836. The molecular weight excluding hydrogens is 374 g/mol. The molecule has 2 heterocycles. The fourth-order valence-corrected chi connectivity index (χ4v) is 4.64. The van der Waals surface area contributed by atoms with Crippen molar-refractivity contribution < 1.29 is 9.59 Å². The van der Waals surface area contributed by atoms with E-state index in [1.807, 2.05) is 46.2 Å². The summed E-state index contributed by atoms with van der Waals surface area (Å²) in [6.45, 7) is 5.11. The number of urea groups is 1. The van der Waals surface area contributed by atoms with Crippen LogP contribution in [0.2, 0.25) is 0 Å². The summed E-state index contributed by atoms with van der Waals surface area (Å²) in [6.07, 6.45) is 3.63. The Hall–Kier alpha value is -2.82. The number of likely N-dealkylation sites (tertiary alicyclic amines) is 2. The predicted octanol–water partition coefficient (Wildman–Crippen LogP) is 3.99. The zero-order valence-electron chi connectivity index (χ0n) is 17.7. The number of rotatable bonds is 4. The van der Waals surface area contributed by atoms with Crippen LogP contribution in [0.5, 0.6) is 0 Å². The minimum Gasteiger partial charge on any atom is -0.343 e. The van der Waals surface area contributed by atoms with Gasteiger partial charge in [0.15, 0.2) is 0 Å². The van der Waals surface area contributed by atoms with Gasteiger partial charge in [0.25, 0.3) is 0 Å². The van der Waals surface area contributed by atoms with E-state index in [-0.39, 0.29) is 17.9 Å². The number of piperidine rings is 1. The minimum absolute atomic E-state index is 0.0680. The van der Waals surface area contributed by atoms with Crippen LogP contribution < -0.4 is 5.32 Å². The van der Waals surface area contributed by atoms with Crippen molar-refractivity contribution in [3.05, 3.63) is 71.8 Å². The highest BCUT2D eigenvalue weighted by Crippen LogP contribution is 2.30. The van der Waals surface area contributed by atoms with E-state index in [1.165, 1.54) is 0 Å². The van der Waals surface area contributed by atoms with Gasteiger partial charge < -0.3 is 15.1 Å². The zero-order valence-corrected chi connectivity index (χ0v) is 17.7. The van der Waals surface area contributed by atoms with Crippen LogP contribution in [0.3, 0.4) is 0 Å².